The van der Waals surface area contributed by atoms with E-state index in [-0.39, 0.29) is 16.7 Å². The lowest BCUT2D eigenvalue weighted by Gasteiger charge is -2.08. The van der Waals surface area contributed by atoms with Crippen LogP contribution < -0.4 is 15.4 Å². The van der Waals surface area contributed by atoms with E-state index in [1.165, 1.54) is 19.3 Å². The minimum Gasteiger partial charge on any atom is -0.369 e. The van der Waals surface area contributed by atoms with E-state index in [4.69, 9.17) is 0 Å². The highest BCUT2D eigenvalue weighted by Crippen LogP contribution is 2.21. The van der Waals surface area contributed by atoms with Gasteiger partial charge in [-0.1, -0.05) is 0 Å². The highest BCUT2D eigenvalue weighted by atomic mass is 32.2. The van der Waals surface area contributed by atoms with E-state index in [1.807, 2.05) is 13.0 Å². The van der Waals surface area contributed by atoms with Gasteiger partial charge in [-0.3, -0.25) is 4.79 Å². The molecule has 154 valence electrons. The number of anilines is 1. The van der Waals surface area contributed by atoms with Gasteiger partial charge in [-0.15, -0.1) is 11.3 Å². The summed E-state index contributed by atoms with van der Waals surface area (Å²) >= 11 is 1.12. The topological polar surface area (TPSA) is 131 Å². The van der Waals surface area contributed by atoms with E-state index >= 15 is 0 Å². The predicted octanol–water partition coefficient (Wildman–Crippen LogP) is 1.06. The molecular weight excluding hydrogens is 414 g/mol. The number of thiophene rings is 1. The average Bonchev–Trinajstić information content (AvgIpc) is 3.33. The van der Waals surface area contributed by atoms with Crippen molar-refractivity contribution in [2.24, 2.45) is 0 Å². The van der Waals surface area contributed by atoms with Gasteiger partial charge in [-0.05, 0) is 25.1 Å². The molecule has 0 aromatic carbocycles. The Kier molecular flexibility index (Phi) is 6.56. The fourth-order valence-electron chi connectivity index (χ4n) is 2.37. The summed E-state index contributed by atoms with van der Waals surface area (Å²) in [5.41, 5.74) is 0.876. The molecule has 0 aliphatic rings. The van der Waals surface area contributed by atoms with Crippen LogP contribution in [0.1, 0.15) is 17.5 Å². The van der Waals surface area contributed by atoms with Gasteiger partial charge in [0, 0.05) is 37.2 Å². The first-order chi connectivity index (χ1) is 13.8. The molecule has 1 amide bonds. The third-order valence-electron chi connectivity index (χ3n) is 3.75. The molecule has 10 nitrogen and oxygen atoms in total. The summed E-state index contributed by atoms with van der Waals surface area (Å²) in [5.74, 6) is 1.01. The molecule has 3 heterocycles. The summed E-state index contributed by atoms with van der Waals surface area (Å²) in [6.45, 7) is 4.14. The fraction of sp³-hybridized carbons (Fsp3) is 0.294. The van der Waals surface area contributed by atoms with Gasteiger partial charge in [0.25, 0.3) is 0 Å². The van der Waals surface area contributed by atoms with Crippen LogP contribution in [0.3, 0.4) is 0 Å². The Morgan fingerprint density at radius 3 is 2.76 bits per heavy atom. The fourth-order valence-corrected chi connectivity index (χ4v) is 4.74. The van der Waals surface area contributed by atoms with E-state index in [9.17, 15) is 13.2 Å². The highest BCUT2D eigenvalue weighted by molar-refractivity contribution is 7.91. The number of hydrogen-bond donors (Lipinski definition) is 3. The summed E-state index contributed by atoms with van der Waals surface area (Å²) in [4.78, 5) is 20.0. The Morgan fingerprint density at radius 2 is 2.03 bits per heavy atom. The monoisotopic (exact) mass is 435 g/mol. The number of carbonyl (C=O) groups excluding carboxylic acids is 1. The van der Waals surface area contributed by atoms with Crippen molar-refractivity contribution in [3.8, 4) is 5.82 Å². The number of aryl methyl sites for hydroxylation is 1. The number of sulfonamides is 1. The van der Waals surface area contributed by atoms with Crippen molar-refractivity contribution in [3.63, 3.8) is 0 Å². The summed E-state index contributed by atoms with van der Waals surface area (Å²) in [6, 6.07) is 6.82. The van der Waals surface area contributed by atoms with Gasteiger partial charge in [0.15, 0.2) is 5.82 Å². The number of amides is 1. The van der Waals surface area contributed by atoms with Gasteiger partial charge in [0.2, 0.25) is 15.9 Å². The molecule has 0 aliphatic carbocycles. The zero-order valence-corrected chi connectivity index (χ0v) is 17.5. The van der Waals surface area contributed by atoms with Crippen molar-refractivity contribution in [2.45, 2.75) is 24.6 Å². The average molecular weight is 436 g/mol. The number of hydrogen-bond acceptors (Lipinski definition) is 8. The van der Waals surface area contributed by atoms with Crippen LogP contribution in [-0.4, -0.2) is 47.2 Å². The summed E-state index contributed by atoms with van der Waals surface area (Å²) in [6.07, 6.45) is 3.22. The minimum atomic E-state index is -3.61. The molecule has 0 spiro atoms. The van der Waals surface area contributed by atoms with Gasteiger partial charge in [-0.25, -0.2) is 27.8 Å². The summed E-state index contributed by atoms with van der Waals surface area (Å²) < 4.78 is 29.2. The molecule has 0 saturated carbocycles. The highest BCUT2D eigenvalue weighted by Gasteiger charge is 2.16. The lowest BCUT2D eigenvalue weighted by Crippen LogP contribution is -2.28. The number of rotatable bonds is 9. The molecular formula is C17H21N7O3S2. The second kappa shape index (κ2) is 9.11. The van der Waals surface area contributed by atoms with Gasteiger partial charge in [-0.2, -0.15) is 5.10 Å². The molecule has 3 aromatic heterocycles. The van der Waals surface area contributed by atoms with Crippen LogP contribution in [0.15, 0.2) is 41.0 Å². The van der Waals surface area contributed by atoms with Gasteiger partial charge < -0.3 is 10.6 Å². The maximum absolute atomic E-state index is 12.4. The van der Waals surface area contributed by atoms with Crippen molar-refractivity contribution >= 4 is 33.1 Å². The first kappa shape index (κ1) is 20.9. The van der Waals surface area contributed by atoms with Crippen molar-refractivity contribution in [3.05, 3.63) is 47.4 Å². The molecule has 0 aliphatic heterocycles. The van der Waals surface area contributed by atoms with Gasteiger partial charge >= 0.3 is 0 Å². The van der Waals surface area contributed by atoms with Crippen LogP contribution in [-0.2, 0) is 21.4 Å². The minimum absolute atomic E-state index is 0.164. The van der Waals surface area contributed by atoms with Crippen molar-refractivity contribution in [1.29, 1.82) is 0 Å². The van der Waals surface area contributed by atoms with E-state index in [2.05, 4.69) is 30.4 Å². The Bertz CT molecular complexity index is 1090. The number of nitrogens with zero attached hydrogens (tertiary/aromatic N) is 4. The van der Waals surface area contributed by atoms with Crippen molar-refractivity contribution < 1.29 is 13.2 Å². The first-order valence-electron chi connectivity index (χ1n) is 8.75. The Balaban J connectivity index is 1.51. The normalized spacial score (nSPS) is 11.4. The third kappa shape index (κ3) is 5.82. The summed E-state index contributed by atoms with van der Waals surface area (Å²) in [5, 5.41) is 10.00. The lowest BCUT2D eigenvalue weighted by molar-refractivity contribution is -0.119. The molecule has 0 saturated heterocycles. The second-order valence-electron chi connectivity index (χ2n) is 6.12. The molecule has 3 N–H and O–H groups in total. The van der Waals surface area contributed by atoms with E-state index in [1.54, 1.807) is 23.0 Å². The van der Waals surface area contributed by atoms with Crippen LogP contribution in [0.25, 0.3) is 5.82 Å². The summed E-state index contributed by atoms with van der Waals surface area (Å²) in [7, 11) is -3.61. The third-order valence-corrected chi connectivity index (χ3v) is 6.78. The van der Waals surface area contributed by atoms with Crippen LogP contribution in [0.5, 0.6) is 0 Å². The zero-order valence-electron chi connectivity index (χ0n) is 15.9. The van der Waals surface area contributed by atoms with Crippen LogP contribution in [0.2, 0.25) is 0 Å². The Morgan fingerprint density at radius 1 is 1.21 bits per heavy atom. The number of nitrogens with one attached hydrogen (secondary N) is 3. The molecule has 12 heteroatoms. The lowest BCUT2D eigenvalue weighted by atomic mass is 10.4. The quantitative estimate of drug-likeness (QED) is 0.428. The molecule has 0 bridgehead atoms. The van der Waals surface area contributed by atoms with E-state index in [0.29, 0.717) is 24.7 Å². The molecule has 0 unspecified atom stereocenters. The molecule has 0 atom stereocenters. The zero-order chi connectivity index (χ0) is 20.9. The maximum Gasteiger partial charge on any atom is 0.250 e. The Labute approximate surface area is 172 Å². The van der Waals surface area contributed by atoms with Crippen molar-refractivity contribution in [1.82, 2.24) is 29.8 Å². The maximum atomic E-state index is 12.4. The first-order valence-corrected chi connectivity index (χ1v) is 11.0. The van der Waals surface area contributed by atoms with E-state index < -0.39 is 10.0 Å². The molecule has 3 rings (SSSR count). The smallest absolute Gasteiger partial charge is 0.250 e. The molecule has 0 fully saturated rings. The largest absolute Gasteiger partial charge is 0.369 e. The number of carbonyl (C=O) groups is 1. The molecule has 0 radical (unpaired) electrons. The van der Waals surface area contributed by atoms with Crippen LogP contribution in [0.4, 0.5) is 5.82 Å². The predicted molar refractivity (Wildman–Crippen MR) is 109 cm³/mol. The van der Waals surface area contributed by atoms with Crippen molar-refractivity contribution in [2.75, 3.05) is 18.4 Å². The SMILES string of the molecule is CC(=O)NCc1ccc(S(=O)(=O)NCCNc2cc(-n3ccc(C)n3)ncn2)s1. The molecule has 3 aromatic rings. The molecule has 29 heavy (non-hydrogen) atoms. The van der Waals surface area contributed by atoms with Gasteiger partial charge in [0.05, 0.1) is 12.2 Å². The standard InChI is InChI=1S/C17H21N7O3S2/c1-12-5-8-24(23-12)16-9-15(20-11-21-16)18-6-7-22-29(26,27)17-4-3-14(28-17)10-19-13(2)25/h3-5,8-9,11,22H,6-7,10H2,1-2H3,(H,19,25)(H,18,20,21). The van der Waals surface area contributed by atoms with Crippen LogP contribution in [0, 0.1) is 6.92 Å². The van der Waals surface area contributed by atoms with Crippen LogP contribution >= 0.6 is 11.3 Å². The number of aromatic nitrogens is 4. The van der Waals surface area contributed by atoms with E-state index in [0.717, 1.165) is 21.9 Å². The Hall–Kier alpha value is -2.83. The second-order valence-corrected chi connectivity index (χ2v) is 9.28. The van der Waals surface area contributed by atoms with Gasteiger partial charge in [0.1, 0.15) is 16.4 Å².